The average Bonchev–Trinajstić information content (AvgIpc) is 2.10. The third-order valence-corrected chi connectivity index (χ3v) is 7.50. The van der Waals surface area contributed by atoms with E-state index in [1.54, 1.807) is 6.92 Å². The van der Waals surface area contributed by atoms with Gasteiger partial charge in [0.25, 0.3) is 8.32 Å². The Bertz CT molecular complexity index is 427. The molecule has 0 aromatic carbocycles. The van der Waals surface area contributed by atoms with E-state index in [0.29, 0.717) is 11.5 Å². The van der Waals surface area contributed by atoms with Crippen LogP contribution in [0.5, 0.6) is 5.75 Å². The van der Waals surface area contributed by atoms with E-state index in [1.807, 2.05) is 0 Å². The van der Waals surface area contributed by atoms with Crippen LogP contribution in [0.1, 0.15) is 26.5 Å². The topological polar surface area (TPSA) is 39.4 Å². The van der Waals surface area contributed by atoms with Gasteiger partial charge in [-0.2, -0.15) is 0 Å². The van der Waals surface area contributed by atoms with E-state index < -0.39 is 8.32 Å². The quantitative estimate of drug-likeness (QED) is 0.744. The largest absolute Gasteiger partial charge is 0.539 e. The van der Waals surface area contributed by atoms with Crippen LogP contribution in [0.25, 0.3) is 0 Å². The summed E-state index contributed by atoms with van der Waals surface area (Å²) >= 11 is 0. The minimum atomic E-state index is -1.97. The smallest absolute Gasteiger partial charge is 0.250 e. The van der Waals surface area contributed by atoms with Gasteiger partial charge in [-0.25, -0.2) is 0 Å². The Labute approximate surface area is 97.6 Å². The molecule has 0 aliphatic rings. The van der Waals surface area contributed by atoms with Crippen molar-refractivity contribution in [1.29, 1.82) is 0 Å². The van der Waals surface area contributed by atoms with Crippen molar-refractivity contribution in [2.24, 2.45) is 0 Å². The average molecular weight is 240 g/mol. The molecule has 90 valence electrons. The summed E-state index contributed by atoms with van der Waals surface area (Å²) in [6.45, 7) is 12.4. The molecule has 0 aliphatic carbocycles. The van der Waals surface area contributed by atoms with Gasteiger partial charge in [-0.15, -0.1) is 0 Å². The molecule has 0 N–H and O–H groups in total. The molecule has 1 rings (SSSR count). The fourth-order valence-corrected chi connectivity index (χ4v) is 2.09. The lowest BCUT2D eigenvalue weighted by atomic mass is 10.2. The number of rotatable bonds is 2. The van der Waals surface area contributed by atoms with Crippen molar-refractivity contribution < 1.29 is 8.84 Å². The Hall–Kier alpha value is -1.03. The zero-order valence-corrected chi connectivity index (χ0v) is 11.9. The highest BCUT2D eigenvalue weighted by Gasteiger charge is 2.39. The third kappa shape index (κ3) is 2.55. The molecule has 1 heterocycles. The van der Waals surface area contributed by atoms with Crippen molar-refractivity contribution in [2.45, 2.75) is 45.8 Å². The minimum absolute atomic E-state index is 0.0712. The second-order valence-corrected chi connectivity index (χ2v) is 10.3. The summed E-state index contributed by atoms with van der Waals surface area (Å²) in [5.74, 6) is 0.923. The fraction of sp³-hybridized carbons (Fsp3) is 0.583. The van der Waals surface area contributed by atoms with E-state index in [1.165, 1.54) is 12.3 Å². The molecule has 0 atom stereocenters. The van der Waals surface area contributed by atoms with Gasteiger partial charge in [0.2, 0.25) is 5.43 Å². The second-order valence-electron chi connectivity index (χ2n) is 5.53. The van der Waals surface area contributed by atoms with Gasteiger partial charge >= 0.3 is 0 Å². The van der Waals surface area contributed by atoms with Crippen molar-refractivity contribution in [3.05, 3.63) is 28.3 Å². The third-order valence-electron chi connectivity index (χ3n) is 3.17. The first-order valence-corrected chi connectivity index (χ1v) is 8.33. The van der Waals surface area contributed by atoms with Crippen molar-refractivity contribution >= 4 is 8.32 Å². The van der Waals surface area contributed by atoms with Gasteiger partial charge in [0.1, 0.15) is 5.76 Å². The van der Waals surface area contributed by atoms with Crippen LogP contribution in [0.4, 0.5) is 0 Å². The lowest BCUT2D eigenvalue weighted by Gasteiger charge is -2.36. The molecule has 3 nitrogen and oxygen atoms in total. The molecular formula is C12H20O3Si. The van der Waals surface area contributed by atoms with Crippen molar-refractivity contribution in [2.75, 3.05) is 0 Å². The van der Waals surface area contributed by atoms with E-state index in [9.17, 15) is 4.79 Å². The first-order chi connectivity index (χ1) is 7.15. The van der Waals surface area contributed by atoms with Gasteiger partial charge in [0, 0.05) is 6.07 Å². The summed E-state index contributed by atoms with van der Waals surface area (Å²) in [7, 11) is -1.97. The Morgan fingerprint density at radius 3 is 2.31 bits per heavy atom. The molecule has 0 fully saturated rings. The standard InChI is InChI=1S/C12H20O3Si/c1-9-11(10(13)7-8-14-9)15-16(5,6)12(2,3)4/h7-8H,1-6H3. The molecule has 0 spiro atoms. The molecule has 0 saturated heterocycles. The highest BCUT2D eigenvalue weighted by atomic mass is 28.4. The number of aryl methyl sites for hydroxylation is 1. The Morgan fingerprint density at radius 1 is 1.31 bits per heavy atom. The molecule has 4 heteroatoms. The van der Waals surface area contributed by atoms with Crippen LogP contribution in [0.15, 0.2) is 21.5 Å². The Morgan fingerprint density at radius 2 is 1.88 bits per heavy atom. The summed E-state index contributed by atoms with van der Waals surface area (Å²) in [4.78, 5) is 11.7. The maximum atomic E-state index is 11.7. The zero-order chi connectivity index (χ0) is 12.6. The van der Waals surface area contributed by atoms with E-state index in [2.05, 4.69) is 33.9 Å². The maximum absolute atomic E-state index is 11.7. The van der Waals surface area contributed by atoms with Crippen LogP contribution in [-0.4, -0.2) is 8.32 Å². The van der Waals surface area contributed by atoms with E-state index in [4.69, 9.17) is 8.84 Å². The van der Waals surface area contributed by atoms with Crippen molar-refractivity contribution in [1.82, 2.24) is 0 Å². The minimum Gasteiger partial charge on any atom is -0.539 e. The van der Waals surface area contributed by atoms with E-state index in [0.717, 1.165) is 0 Å². The first-order valence-electron chi connectivity index (χ1n) is 5.42. The molecule has 0 bridgehead atoms. The van der Waals surface area contributed by atoms with E-state index >= 15 is 0 Å². The Kier molecular flexibility index (Phi) is 3.33. The fourth-order valence-electron chi connectivity index (χ4n) is 1.03. The molecule has 0 radical (unpaired) electrons. The van der Waals surface area contributed by atoms with Gasteiger partial charge < -0.3 is 8.84 Å². The number of hydrogen-bond acceptors (Lipinski definition) is 3. The van der Waals surface area contributed by atoms with Crippen LogP contribution < -0.4 is 9.85 Å². The summed E-state index contributed by atoms with van der Waals surface area (Å²) in [5.41, 5.74) is -0.103. The molecule has 0 aliphatic heterocycles. The number of hydrogen-bond donors (Lipinski definition) is 0. The zero-order valence-electron chi connectivity index (χ0n) is 10.9. The van der Waals surface area contributed by atoms with Crippen LogP contribution in [0.2, 0.25) is 18.1 Å². The highest BCUT2D eigenvalue weighted by molar-refractivity contribution is 6.74. The molecule has 0 saturated carbocycles. The van der Waals surface area contributed by atoms with Crippen LogP contribution in [0, 0.1) is 6.92 Å². The van der Waals surface area contributed by atoms with E-state index in [-0.39, 0.29) is 10.5 Å². The monoisotopic (exact) mass is 240 g/mol. The SMILES string of the molecule is Cc1occc(=O)c1O[Si](C)(C)C(C)(C)C. The maximum Gasteiger partial charge on any atom is 0.250 e. The molecular weight excluding hydrogens is 220 g/mol. The summed E-state index contributed by atoms with van der Waals surface area (Å²) in [6.07, 6.45) is 1.40. The second kappa shape index (κ2) is 4.09. The normalized spacial score (nSPS) is 12.6. The molecule has 1 aromatic rings. The summed E-state index contributed by atoms with van der Waals surface area (Å²) in [5, 5.41) is 0.0712. The van der Waals surface area contributed by atoms with Gasteiger partial charge in [-0.3, -0.25) is 4.79 Å². The molecule has 1 aromatic heterocycles. The molecule has 16 heavy (non-hydrogen) atoms. The van der Waals surface area contributed by atoms with Gasteiger partial charge in [0.05, 0.1) is 6.26 Å². The predicted molar refractivity (Wildman–Crippen MR) is 67.5 cm³/mol. The molecule has 0 amide bonds. The van der Waals surface area contributed by atoms with Crippen LogP contribution in [-0.2, 0) is 0 Å². The van der Waals surface area contributed by atoms with Crippen LogP contribution in [0.3, 0.4) is 0 Å². The Balaban J connectivity index is 3.11. The van der Waals surface area contributed by atoms with Crippen molar-refractivity contribution in [3.8, 4) is 5.75 Å². The summed E-state index contributed by atoms with van der Waals surface area (Å²) < 4.78 is 11.2. The lowest BCUT2D eigenvalue weighted by molar-refractivity contribution is 0.434. The summed E-state index contributed by atoms with van der Waals surface area (Å²) in [6, 6.07) is 1.40. The lowest BCUT2D eigenvalue weighted by Crippen LogP contribution is -2.45. The first kappa shape index (κ1) is 13.0. The van der Waals surface area contributed by atoms with Crippen molar-refractivity contribution in [3.63, 3.8) is 0 Å². The van der Waals surface area contributed by atoms with Gasteiger partial charge in [-0.1, -0.05) is 20.8 Å². The van der Waals surface area contributed by atoms with Crippen LogP contribution >= 0.6 is 0 Å². The molecule has 0 unspecified atom stereocenters. The predicted octanol–water partition coefficient (Wildman–Crippen LogP) is 3.33. The highest BCUT2D eigenvalue weighted by Crippen LogP contribution is 2.37. The van der Waals surface area contributed by atoms with Gasteiger partial charge in [-0.05, 0) is 25.1 Å². The van der Waals surface area contributed by atoms with Gasteiger partial charge in [0.15, 0.2) is 5.75 Å².